The Morgan fingerprint density at radius 2 is 2.31 bits per heavy atom. The van der Waals surface area contributed by atoms with Crippen LogP contribution >= 0.6 is 0 Å². The van der Waals surface area contributed by atoms with E-state index in [1.807, 2.05) is 6.92 Å². The van der Waals surface area contributed by atoms with E-state index in [1.54, 1.807) is 0 Å². The summed E-state index contributed by atoms with van der Waals surface area (Å²) in [5.74, 6) is 0.910. The summed E-state index contributed by atoms with van der Waals surface area (Å²) in [6, 6.07) is 0.454. The molecule has 2 fully saturated rings. The smallest absolute Gasteiger partial charge is 0.230 e. The molecule has 1 saturated carbocycles. The van der Waals surface area contributed by atoms with Gasteiger partial charge in [0.25, 0.3) is 0 Å². The number of carbonyl (C=O) groups is 1. The van der Waals surface area contributed by atoms with Gasteiger partial charge in [-0.25, -0.2) is 0 Å². The summed E-state index contributed by atoms with van der Waals surface area (Å²) in [4.78, 5) is 11.7. The first kappa shape index (κ1) is 9.00. The lowest BCUT2D eigenvalue weighted by atomic mass is 9.87. The molecule has 1 amide bonds. The maximum atomic E-state index is 11.7. The number of hydrogen-bond donors (Lipinski definition) is 1. The molecule has 13 heavy (non-hydrogen) atoms. The molecule has 1 heterocycles. The van der Waals surface area contributed by atoms with Gasteiger partial charge in [-0.3, -0.25) is 4.79 Å². The summed E-state index contributed by atoms with van der Waals surface area (Å²) in [7, 11) is 0. The van der Waals surface area contributed by atoms with Crippen LogP contribution in [0.5, 0.6) is 0 Å². The van der Waals surface area contributed by atoms with Gasteiger partial charge in [0.1, 0.15) is 0 Å². The first-order valence-electron chi connectivity index (χ1n) is 5.04. The van der Waals surface area contributed by atoms with E-state index in [9.17, 15) is 4.79 Å². The largest absolute Gasteiger partial charge is 0.379 e. The minimum Gasteiger partial charge on any atom is -0.379 e. The number of nitrogens with one attached hydrogen (secondary N) is 1. The molecule has 0 spiro atoms. The third kappa shape index (κ3) is 1.57. The van der Waals surface area contributed by atoms with Crippen LogP contribution in [0.3, 0.4) is 0 Å². The summed E-state index contributed by atoms with van der Waals surface area (Å²) in [5, 5.41) is 3.08. The number of carbonyl (C=O) groups excluding carboxylic acids is 1. The van der Waals surface area contributed by atoms with E-state index in [4.69, 9.17) is 4.74 Å². The van der Waals surface area contributed by atoms with Crippen LogP contribution in [0.15, 0.2) is 0 Å². The first-order valence-corrected chi connectivity index (χ1v) is 5.04. The van der Waals surface area contributed by atoms with Gasteiger partial charge in [0, 0.05) is 6.04 Å². The Kier molecular flexibility index (Phi) is 2.06. The van der Waals surface area contributed by atoms with Crippen molar-refractivity contribution in [2.75, 3.05) is 13.2 Å². The molecule has 3 nitrogen and oxygen atoms in total. The molecule has 0 aromatic carbocycles. The summed E-state index contributed by atoms with van der Waals surface area (Å²) in [6.45, 7) is 5.31. The Morgan fingerprint density at radius 3 is 2.69 bits per heavy atom. The predicted molar refractivity (Wildman–Crippen MR) is 49.3 cm³/mol. The molecule has 2 rings (SSSR count). The van der Waals surface area contributed by atoms with Crippen molar-refractivity contribution in [1.82, 2.24) is 5.32 Å². The van der Waals surface area contributed by atoms with Gasteiger partial charge in [0.15, 0.2) is 0 Å². The van der Waals surface area contributed by atoms with E-state index >= 15 is 0 Å². The summed E-state index contributed by atoms with van der Waals surface area (Å²) in [5.41, 5.74) is -0.235. The van der Waals surface area contributed by atoms with E-state index < -0.39 is 0 Å². The van der Waals surface area contributed by atoms with E-state index in [-0.39, 0.29) is 11.3 Å². The van der Waals surface area contributed by atoms with Gasteiger partial charge in [-0.15, -0.1) is 0 Å². The minimum atomic E-state index is -0.235. The van der Waals surface area contributed by atoms with Crippen molar-refractivity contribution < 1.29 is 9.53 Å². The molecule has 1 saturated heterocycles. The Bertz CT molecular complexity index is 223. The fourth-order valence-corrected chi connectivity index (χ4v) is 1.76. The van der Waals surface area contributed by atoms with Gasteiger partial charge in [-0.1, -0.05) is 13.3 Å². The topological polar surface area (TPSA) is 38.3 Å². The number of hydrogen-bond acceptors (Lipinski definition) is 2. The third-order valence-electron chi connectivity index (χ3n) is 3.15. The van der Waals surface area contributed by atoms with Crippen molar-refractivity contribution in [1.29, 1.82) is 0 Å². The fraction of sp³-hybridized carbons (Fsp3) is 0.900. The van der Waals surface area contributed by atoms with Crippen molar-refractivity contribution >= 4 is 5.91 Å². The molecule has 2 aliphatic rings. The maximum absolute atomic E-state index is 11.7. The van der Waals surface area contributed by atoms with Gasteiger partial charge in [0.05, 0.1) is 18.6 Å². The molecule has 0 radical (unpaired) electrons. The SMILES string of the molecule is CCC1CC1NC(=O)C1(C)COC1. The Balaban J connectivity index is 1.79. The lowest BCUT2D eigenvalue weighted by Gasteiger charge is -2.36. The van der Waals surface area contributed by atoms with Crippen LogP contribution in [-0.4, -0.2) is 25.2 Å². The minimum absolute atomic E-state index is 0.180. The molecule has 2 unspecified atom stereocenters. The lowest BCUT2D eigenvalue weighted by Crippen LogP contribution is -2.52. The van der Waals surface area contributed by atoms with Crippen molar-refractivity contribution in [3.8, 4) is 0 Å². The van der Waals surface area contributed by atoms with Crippen LogP contribution in [0.1, 0.15) is 26.7 Å². The lowest BCUT2D eigenvalue weighted by molar-refractivity contribution is -0.157. The Hall–Kier alpha value is -0.570. The molecule has 0 aromatic heterocycles. The standard InChI is InChI=1S/C10H17NO2/c1-3-7-4-8(7)11-9(12)10(2)5-13-6-10/h7-8H,3-6H2,1-2H3,(H,11,12). The van der Waals surface area contributed by atoms with Crippen LogP contribution in [0.2, 0.25) is 0 Å². The predicted octanol–water partition coefficient (Wildman–Crippen LogP) is 0.938. The van der Waals surface area contributed by atoms with E-state index in [0.717, 1.165) is 5.92 Å². The van der Waals surface area contributed by atoms with Gasteiger partial charge in [-0.2, -0.15) is 0 Å². The van der Waals surface area contributed by atoms with Gasteiger partial charge >= 0.3 is 0 Å². The van der Waals surface area contributed by atoms with Crippen molar-refractivity contribution in [2.45, 2.75) is 32.7 Å². The van der Waals surface area contributed by atoms with Crippen molar-refractivity contribution in [3.63, 3.8) is 0 Å². The molecule has 2 atom stereocenters. The molecule has 0 aromatic rings. The van der Waals surface area contributed by atoms with E-state index in [1.165, 1.54) is 12.8 Å². The average molecular weight is 183 g/mol. The van der Waals surface area contributed by atoms with Crippen LogP contribution < -0.4 is 5.32 Å². The van der Waals surface area contributed by atoms with Gasteiger partial charge in [0.2, 0.25) is 5.91 Å². The number of amides is 1. The van der Waals surface area contributed by atoms with Crippen molar-refractivity contribution in [2.24, 2.45) is 11.3 Å². The molecule has 74 valence electrons. The quantitative estimate of drug-likeness (QED) is 0.707. The molecular formula is C10H17NO2. The molecule has 1 aliphatic carbocycles. The van der Waals surface area contributed by atoms with E-state index in [0.29, 0.717) is 19.3 Å². The fourth-order valence-electron chi connectivity index (χ4n) is 1.76. The highest BCUT2D eigenvalue weighted by atomic mass is 16.5. The second kappa shape index (κ2) is 2.98. The second-order valence-corrected chi connectivity index (χ2v) is 4.54. The molecule has 0 bridgehead atoms. The molecule has 1 aliphatic heterocycles. The first-order chi connectivity index (χ1) is 6.15. The van der Waals surface area contributed by atoms with Crippen LogP contribution in [0, 0.1) is 11.3 Å². The maximum Gasteiger partial charge on any atom is 0.230 e. The highest BCUT2D eigenvalue weighted by molar-refractivity contribution is 5.83. The molecule has 1 N–H and O–H groups in total. The van der Waals surface area contributed by atoms with Crippen molar-refractivity contribution in [3.05, 3.63) is 0 Å². The van der Waals surface area contributed by atoms with Gasteiger partial charge in [-0.05, 0) is 19.3 Å². The number of ether oxygens (including phenoxy) is 1. The Morgan fingerprint density at radius 1 is 1.62 bits per heavy atom. The normalized spacial score (nSPS) is 34.9. The summed E-state index contributed by atoms with van der Waals surface area (Å²) < 4.78 is 5.05. The zero-order valence-corrected chi connectivity index (χ0v) is 8.30. The van der Waals surface area contributed by atoms with Crippen LogP contribution in [0.4, 0.5) is 0 Å². The van der Waals surface area contributed by atoms with Crippen LogP contribution in [-0.2, 0) is 9.53 Å². The van der Waals surface area contributed by atoms with E-state index in [2.05, 4.69) is 12.2 Å². The highest BCUT2D eigenvalue weighted by Gasteiger charge is 2.45. The van der Waals surface area contributed by atoms with Crippen LogP contribution in [0.25, 0.3) is 0 Å². The molecule has 3 heteroatoms. The number of rotatable bonds is 3. The zero-order chi connectivity index (χ0) is 9.47. The average Bonchev–Trinajstić information content (AvgIpc) is 2.79. The monoisotopic (exact) mass is 183 g/mol. The molecular weight excluding hydrogens is 166 g/mol. The third-order valence-corrected chi connectivity index (χ3v) is 3.15. The summed E-state index contributed by atoms with van der Waals surface area (Å²) in [6.07, 6.45) is 2.34. The second-order valence-electron chi connectivity index (χ2n) is 4.54. The van der Waals surface area contributed by atoms with Gasteiger partial charge < -0.3 is 10.1 Å². The zero-order valence-electron chi connectivity index (χ0n) is 8.30. The summed E-state index contributed by atoms with van der Waals surface area (Å²) >= 11 is 0. The Labute approximate surface area is 78.8 Å². The highest BCUT2D eigenvalue weighted by Crippen LogP contribution is 2.35.